The fourth-order valence-corrected chi connectivity index (χ4v) is 3.95. The van der Waals surface area contributed by atoms with E-state index >= 15 is 0 Å². The van der Waals surface area contributed by atoms with E-state index < -0.39 is 10.0 Å². The van der Waals surface area contributed by atoms with E-state index in [0.717, 1.165) is 24.8 Å². The monoisotopic (exact) mass is 358 g/mol. The van der Waals surface area contributed by atoms with Gasteiger partial charge in [0.05, 0.1) is 4.90 Å². The Kier molecular flexibility index (Phi) is 5.20. The molecule has 5 nitrogen and oxygen atoms in total. The maximum absolute atomic E-state index is 12.5. The number of hydrogen-bond acceptors (Lipinski definition) is 3. The third-order valence-electron chi connectivity index (χ3n) is 4.50. The van der Waals surface area contributed by atoms with Crippen LogP contribution in [0.5, 0.6) is 0 Å². The van der Waals surface area contributed by atoms with Crippen LogP contribution < -0.4 is 10.0 Å². The zero-order valence-electron chi connectivity index (χ0n) is 14.1. The summed E-state index contributed by atoms with van der Waals surface area (Å²) in [5.41, 5.74) is 1.37. The van der Waals surface area contributed by atoms with Crippen molar-refractivity contribution in [1.29, 1.82) is 0 Å². The first-order chi connectivity index (χ1) is 12.0. The van der Waals surface area contributed by atoms with Gasteiger partial charge in [0.2, 0.25) is 10.0 Å². The van der Waals surface area contributed by atoms with Crippen molar-refractivity contribution in [2.45, 2.75) is 43.2 Å². The lowest BCUT2D eigenvalue weighted by atomic mass is 9.93. The second-order valence-corrected chi connectivity index (χ2v) is 8.09. The molecule has 1 aliphatic rings. The van der Waals surface area contributed by atoms with Crippen LogP contribution in [0.15, 0.2) is 59.5 Å². The SMILES string of the molecule is C[C@H](NS(=O)(=O)c1ccc(C(=O)NC2CCC2)cc1)c1ccccc1. The lowest BCUT2D eigenvalue weighted by Gasteiger charge is -2.26. The van der Waals surface area contributed by atoms with E-state index in [1.165, 1.54) is 12.1 Å². The van der Waals surface area contributed by atoms with Gasteiger partial charge in [0.15, 0.2) is 0 Å². The molecule has 2 N–H and O–H groups in total. The zero-order chi connectivity index (χ0) is 17.9. The number of hydrogen-bond donors (Lipinski definition) is 2. The van der Waals surface area contributed by atoms with Crippen molar-refractivity contribution in [2.24, 2.45) is 0 Å². The second-order valence-electron chi connectivity index (χ2n) is 6.38. The van der Waals surface area contributed by atoms with Gasteiger partial charge < -0.3 is 5.32 Å². The van der Waals surface area contributed by atoms with Crippen molar-refractivity contribution in [3.8, 4) is 0 Å². The van der Waals surface area contributed by atoms with Gasteiger partial charge in [-0.2, -0.15) is 0 Å². The van der Waals surface area contributed by atoms with Gasteiger partial charge in [0, 0.05) is 17.6 Å². The van der Waals surface area contributed by atoms with Gasteiger partial charge in [-0.25, -0.2) is 13.1 Å². The van der Waals surface area contributed by atoms with Gasteiger partial charge in [-0.15, -0.1) is 0 Å². The first-order valence-corrected chi connectivity index (χ1v) is 9.92. The van der Waals surface area contributed by atoms with Gasteiger partial charge in [0.1, 0.15) is 0 Å². The number of nitrogens with one attached hydrogen (secondary N) is 2. The Morgan fingerprint density at radius 3 is 2.24 bits per heavy atom. The molecule has 0 bridgehead atoms. The Balaban J connectivity index is 1.68. The molecule has 25 heavy (non-hydrogen) atoms. The number of rotatable bonds is 6. The van der Waals surface area contributed by atoms with Crippen LogP contribution in [0.3, 0.4) is 0 Å². The van der Waals surface area contributed by atoms with Crippen LogP contribution in [0.25, 0.3) is 0 Å². The predicted octanol–water partition coefficient (Wildman–Crippen LogP) is 3.01. The van der Waals surface area contributed by atoms with Crippen LogP contribution in [0, 0.1) is 0 Å². The average molecular weight is 358 g/mol. The average Bonchev–Trinajstić information content (AvgIpc) is 2.58. The fourth-order valence-electron chi connectivity index (χ4n) is 2.72. The van der Waals surface area contributed by atoms with Crippen molar-refractivity contribution in [1.82, 2.24) is 10.0 Å². The highest BCUT2D eigenvalue weighted by Crippen LogP contribution is 2.20. The van der Waals surface area contributed by atoms with Crippen molar-refractivity contribution < 1.29 is 13.2 Å². The molecule has 1 fully saturated rings. The quantitative estimate of drug-likeness (QED) is 0.833. The summed E-state index contributed by atoms with van der Waals surface area (Å²) < 4.78 is 27.7. The van der Waals surface area contributed by atoms with Crippen LogP contribution in [-0.2, 0) is 10.0 Å². The maximum atomic E-state index is 12.5. The van der Waals surface area contributed by atoms with Crippen LogP contribution in [0.4, 0.5) is 0 Å². The smallest absolute Gasteiger partial charge is 0.251 e. The molecule has 1 amide bonds. The van der Waals surface area contributed by atoms with Crippen molar-refractivity contribution in [2.75, 3.05) is 0 Å². The van der Waals surface area contributed by atoms with Crippen LogP contribution in [0.2, 0.25) is 0 Å². The Hall–Kier alpha value is -2.18. The molecule has 1 atom stereocenters. The van der Waals surface area contributed by atoms with Crippen LogP contribution in [0.1, 0.15) is 48.1 Å². The number of benzene rings is 2. The van der Waals surface area contributed by atoms with E-state index in [0.29, 0.717) is 5.56 Å². The molecule has 0 aliphatic heterocycles. The maximum Gasteiger partial charge on any atom is 0.251 e. The summed E-state index contributed by atoms with van der Waals surface area (Å²) in [6, 6.07) is 15.3. The first-order valence-electron chi connectivity index (χ1n) is 8.44. The Morgan fingerprint density at radius 1 is 1.04 bits per heavy atom. The van der Waals surface area contributed by atoms with Gasteiger partial charge >= 0.3 is 0 Å². The molecular formula is C19H22N2O3S. The van der Waals surface area contributed by atoms with Crippen molar-refractivity contribution in [3.63, 3.8) is 0 Å². The fraction of sp³-hybridized carbons (Fsp3) is 0.316. The van der Waals surface area contributed by atoms with E-state index in [1.807, 2.05) is 30.3 Å². The number of carbonyl (C=O) groups is 1. The highest BCUT2D eigenvalue weighted by Gasteiger charge is 2.21. The molecule has 1 saturated carbocycles. The minimum Gasteiger partial charge on any atom is -0.349 e. The molecule has 0 spiro atoms. The summed E-state index contributed by atoms with van der Waals surface area (Å²) in [6.45, 7) is 1.80. The normalized spacial score (nSPS) is 16.0. The second kappa shape index (κ2) is 7.37. The summed E-state index contributed by atoms with van der Waals surface area (Å²) in [6.07, 6.45) is 3.17. The standard InChI is InChI=1S/C19H22N2O3S/c1-14(15-6-3-2-4-7-15)21-25(23,24)18-12-10-16(11-13-18)19(22)20-17-8-5-9-17/h2-4,6-7,10-14,17,21H,5,8-9H2,1H3,(H,20,22)/t14-/m0/s1. The molecule has 2 aromatic carbocycles. The molecule has 0 heterocycles. The first kappa shape index (κ1) is 17.6. The van der Waals surface area contributed by atoms with E-state index in [9.17, 15) is 13.2 Å². The minimum absolute atomic E-state index is 0.149. The van der Waals surface area contributed by atoms with Gasteiger partial charge in [-0.05, 0) is 56.0 Å². The Labute approximate surface area is 148 Å². The van der Waals surface area contributed by atoms with E-state index in [2.05, 4.69) is 10.0 Å². The molecule has 6 heteroatoms. The van der Waals surface area contributed by atoms with Crippen molar-refractivity contribution in [3.05, 3.63) is 65.7 Å². The van der Waals surface area contributed by atoms with E-state index in [4.69, 9.17) is 0 Å². The van der Waals surface area contributed by atoms with Crippen molar-refractivity contribution >= 4 is 15.9 Å². The number of amides is 1. The zero-order valence-corrected chi connectivity index (χ0v) is 14.9. The highest BCUT2D eigenvalue weighted by molar-refractivity contribution is 7.89. The largest absolute Gasteiger partial charge is 0.349 e. The number of carbonyl (C=O) groups excluding carboxylic acids is 1. The van der Waals surface area contributed by atoms with E-state index in [-0.39, 0.29) is 22.9 Å². The van der Waals surface area contributed by atoms with Crippen LogP contribution in [-0.4, -0.2) is 20.4 Å². The molecule has 0 aromatic heterocycles. The van der Waals surface area contributed by atoms with Gasteiger partial charge in [0.25, 0.3) is 5.91 Å². The molecule has 1 aliphatic carbocycles. The van der Waals surface area contributed by atoms with Crippen LogP contribution >= 0.6 is 0 Å². The molecule has 2 aromatic rings. The topological polar surface area (TPSA) is 75.3 Å². The summed E-state index contributed by atoms with van der Waals surface area (Å²) in [5, 5.41) is 2.94. The molecule has 132 valence electrons. The summed E-state index contributed by atoms with van der Waals surface area (Å²) >= 11 is 0. The van der Waals surface area contributed by atoms with Gasteiger partial charge in [-0.1, -0.05) is 30.3 Å². The molecule has 0 saturated heterocycles. The van der Waals surface area contributed by atoms with Gasteiger partial charge in [-0.3, -0.25) is 4.79 Å². The summed E-state index contributed by atoms with van der Waals surface area (Å²) in [5.74, 6) is -0.153. The molecular weight excluding hydrogens is 336 g/mol. The summed E-state index contributed by atoms with van der Waals surface area (Å²) in [4.78, 5) is 12.2. The Morgan fingerprint density at radius 2 is 1.68 bits per heavy atom. The molecule has 3 rings (SSSR count). The van der Waals surface area contributed by atoms with E-state index in [1.54, 1.807) is 19.1 Å². The minimum atomic E-state index is -3.65. The molecule has 0 radical (unpaired) electrons. The number of sulfonamides is 1. The predicted molar refractivity (Wildman–Crippen MR) is 96.7 cm³/mol. The summed E-state index contributed by atoms with van der Waals surface area (Å²) in [7, 11) is -3.65. The lowest BCUT2D eigenvalue weighted by Crippen LogP contribution is -2.39. The third-order valence-corrected chi connectivity index (χ3v) is 6.06. The lowest BCUT2D eigenvalue weighted by molar-refractivity contribution is 0.0917. The Bertz CT molecular complexity index is 829. The molecule has 0 unspecified atom stereocenters. The highest BCUT2D eigenvalue weighted by atomic mass is 32.2. The third kappa shape index (κ3) is 4.27.